The molecule has 0 radical (unpaired) electrons. The highest BCUT2D eigenvalue weighted by Crippen LogP contribution is 2.27. The van der Waals surface area contributed by atoms with Gasteiger partial charge >= 0.3 is 0 Å². The van der Waals surface area contributed by atoms with Gasteiger partial charge in [-0.25, -0.2) is 0 Å². The zero-order valence-electron chi connectivity index (χ0n) is 21.1. The Morgan fingerprint density at radius 3 is 2.19 bits per heavy atom. The van der Waals surface area contributed by atoms with Gasteiger partial charge in [-0.15, -0.1) is 0 Å². The Morgan fingerprint density at radius 1 is 0.969 bits per heavy atom. The molecule has 5 nitrogen and oxygen atoms in total. The summed E-state index contributed by atoms with van der Waals surface area (Å²) in [5.74, 6) is 0.802. The summed E-state index contributed by atoms with van der Waals surface area (Å²) in [6.07, 6.45) is 8.09. The van der Waals surface area contributed by atoms with Gasteiger partial charge in [-0.05, 0) is 48.4 Å². The Hall–Kier alpha value is -2.04. The lowest BCUT2D eigenvalue weighted by atomic mass is 9.84. The smallest absolute Gasteiger partial charge is 0.224 e. The van der Waals surface area contributed by atoms with Crippen LogP contribution in [0.15, 0.2) is 24.3 Å². The number of amides is 2. The maximum atomic E-state index is 12.7. The number of benzene rings is 1. The molecule has 5 heteroatoms. The second-order valence-corrected chi connectivity index (χ2v) is 10.7. The van der Waals surface area contributed by atoms with E-state index in [0.717, 1.165) is 56.8 Å². The van der Waals surface area contributed by atoms with E-state index in [1.165, 1.54) is 19.3 Å². The van der Waals surface area contributed by atoms with Gasteiger partial charge in [-0.2, -0.15) is 0 Å². The van der Waals surface area contributed by atoms with Gasteiger partial charge < -0.3 is 15.1 Å². The molecule has 1 aromatic rings. The first-order valence-electron chi connectivity index (χ1n) is 12.6. The third kappa shape index (κ3) is 9.62. The van der Waals surface area contributed by atoms with Crippen molar-refractivity contribution in [3.63, 3.8) is 0 Å². The van der Waals surface area contributed by atoms with E-state index in [-0.39, 0.29) is 17.2 Å². The molecular weight excluding hydrogens is 398 g/mol. The van der Waals surface area contributed by atoms with Gasteiger partial charge in [0.2, 0.25) is 11.8 Å². The first-order valence-corrected chi connectivity index (χ1v) is 12.6. The van der Waals surface area contributed by atoms with Crippen molar-refractivity contribution in [3.8, 4) is 0 Å². The van der Waals surface area contributed by atoms with Crippen LogP contribution in [0, 0.1) is 11.3 Å². The minimum absolute atomic E-state index is 0.0991. The molecule has 0 bridgehead atoms. The molecule has 2 amide bonds. The van der Waals surface area contributed by atoms with Crippen LogP contribution in [0.4, 0.5) is 11.4 Å². The molecule has 1 atom stereocenters. The number of carbonyl (C=O) groups excluding carboxylic acids is 2. The predicted molar refractivity (Wildman–Crippen MR) is 135 cm³/mol. The summed E-state index contributed by atoms with van der Waals surface area (Å²) in [4.78, 5) is 29.1. The zero-order chi connectivity index (χ0) is 23.6. The summed E-state index contributed by atoms with van der Waals surface area (Å²) >= 11 is 0. The van der Waals surface area contributed by atoms with E-state index in [1.807, 2.05) is 17.0 Å². The third-order valence-electron chi connectivity index (χ3n) is 6.14. The average Bonchev–Trinajstić information content (AvgIpc) is 2.73. The number of hydrogen-bond acceptors (Lipinski definition) is 3. The Labute approximate surface area is 195 Å². The van der Waals surface area contributed by atoms with Gasteiger partial charge in [-0.3, -0.25) is 9.59 Å². The summed E-state index contributed by atoms with van der Waals surface area (Å²) in [6.45, 7) is 14.3. The molecule has 1 aromatic carbocycles. The van der Waals surface area contributed by atoms with E-state index in [1.54, 1.807) is 0 Å². The number of nitrogens with one attached hydrogen (secondary N) is 1. The van der Waals surface area contributed by atoms with Crippen molar-refractivity contribution >= 4 is 23.2 Å². The molecule has 0 aliphatic carbocycles. The summed E-state index contributed by atoms with van der Waals surface area (Å²) in [6, 6.07) is 8.10. The van der Waals surface area contributed by atoms with Crippen molar-refractivity contribution in [2.24, 2.45) is 11.3 Å². The van der Waals surface area contributed by atoms with Gasteiger partial charge in [0.15, 0.2) is 0 Å². The van der Waals surface area contributed by atoms with E-state index < -0.39 is 0 Å². The van der Waals surface area contributed by atoms with Crippen LogP contribution in [0.3, 0.4) is 0 Å². The van der Waals surface area contributed by atoms with Gasteiger partial charge in [0.05, 0.1) is 0 Å². The zero-order valence-corrected chi connectivity index (χ0v) is 21.1. The molecule has 0 saturated carbocycles. The Kier molecular flexibility index (Phi) is 10.5. The monoisotopic (exact) mass is 443 g/mol. The lowest BCUT2D eigenvalue weighted by molar-refractivity contribution is -0.132. The quantitative estimate of drug-likeness (QED) is 0.421. The number of hydrogen-bond donors (Lipinski definition) is 1. The predicted octanol–water partition coefficient (Wildman–Crippen LogP) is 6.10. The van der Waals surface area contributed by atoms with Crippen LogP contribution in [-0.4, -0.2) is 42.9 Å². The number of piperazine rings is 1. The number of nitrogens with zero attached hydrogens (tertiary/aromatic N) is 2. The maximum absolute atomic E-state index is 12.7. The molecule has 1 aliphatic rings. The molecule has 1 aliphatic heterocycles. The Bertz CT molecular complexity index is 701. The third-order valence-corrected chi connectivity index (χ3v) is 6.14. The second-order valence-electron chi connectivity index (χ2n) is 10.7. The van der Waals surface area contributed by atoms with E-state index in [4.69, 9.17) is 0 Å². The second kappa shape index (κ2) is 12.9. The molecule has 2 rings (SSSR count). The molecule has 0 spiro atoms. The maximum Gasteiger partial charge on any atom is 0.224 e. The van der Waals surface area contributed by atoms with Crippen molar-refractivity contribution in [2.45, 2.75) is 86.0 Å². The lowest BCUT2D eigenvalue weighted by Crippen LogP contribution is -2.49. The van der Waals surface area contributed by atoms with Crippen LogP contribution < -0.4 is 10.2 Å². The molecule has 1 heterocycles. The molecule has 32 heavy (non-hydrogen) atoms. The Morgan fingerprint density at radius 2 is 1.59 bits per heavy atom. The SMILES string of the molecule is CCCCCCCC(=O)Nc1ccc(N2CCN(C(=O)CC(C)CC(C)(C)C)CC2)cc1. The molecule has 1 saturated heterocycles. The van der Waals surface area contributed by atoms with E-state index in [9.17, 15) is 9.59 Å². The fourth-order valence-electron chi connectivity index (χ4n) is 4.63. The summed E-state index contributed by atoms with van der Waals surface area (Å²) in [5, 5.41) is 3.01. The number of rotatable bonds is 11. The number of anilines is 2. The van der Waals surface area contributed by atoms with Crippen molar-refractivity contribution in [3.05, 3.63) is 24.3 Å². The normalized spacial score (nSPS) is 15.5. The fourth-order valence-corrected chi connectivity index (χ4v) is 4.63. The summed E-state index contributed by atoms with van der Waals surface area (Å²) in [5.41, 5.74) is 2.27. The molecule has 180 valence electrons. The van der Waals surface area contributed by atoms with Gasteiger partial charge in [0, 0.05) is 50.4 Å². The molecule has 1 fully saturated rings. The standard InChI is InChI=1S/C27H45N3O2/c1-6-7-8-9-10-11-25(31)28-23-12-14-24(15-13-23)29-16-18-30(19-17-29)26(32)20-22(2)21-27(3,4)5/h12-15,22H,6-11,16-21H2,1-5H3,(H,28,31). The van der Waals surface area contributed by atoms with Crippen LogP contribution in [0.25, 0.3) is 0 Å². The largest absolute Gasteiger partial charge is 0.368 e. The van der Waals surface area contributed by atoms with E-state index in [2.05, 4.69) is 57.0 Å². The lowest BCUT2D eigenvalue weighted by Gasteiger charge is -2.37. The Balaban J connectivity index is 1.73. The van der Waals surface area contributed by atoms with Crippen molar-refractivity contribution in [1.82, 2.24) is 4.90 Å². The van der Waals surface area contributed by atoms with Crippen LogP contribution in [0.5, 0.6) is 0 Å². The molecule has 1 unspecified atom stereocenters. The minimum atomic E-state index is 0.0991. The summed E-state index contributed by atoms with van der Waals surface area (Å²) in [7, 11) is 0. The first-order chi connectivity index (χ1) is 15.2. The average molecular weight is 444 g/mol. The first kappa shape index (κ1) is 26.2. The summed E-state index contributed by atoms with van der Waals surface area (Å²) < 4.78 is 0. The van der Waals surface area contributed by atoms with Crippen LogP contribution in [0.2, 0.25) is 0 Å². The molecule has 1 N–H and O–H groups in total. The minimum Gasteiger partial charge on any atom is -0.368 e. The van der Waals surface area contributed by atoms with Crippen molar-refractivity contribution < 1.29 is 9.59 Å². The van der Waals surface area contributed by atoms with Crippen LogP contribution >= 0.6 is 0 Å². The van der Waals surface area contributed by atoms with Gasteiger partial charge in [-0.1, -0.05) is 60.3 Å². The number of unbranched alkanes of at least 4 members (excludes halogenated alkanes) is 4. The molecular formula is C27H45N3O2. The highest BCUT2D eigenvalue weighted by Gasteiger charge is 2.24. The number of carbonyl (C=O) groups is 2. The van der Waals surface area contributed by atoms with Gasteiger partial charge in [0.1, 0.15) is 0 Å². The van der Waals surface area contributed by atoms with Crippen LogP contribution in [0.1, 0.15) is 86.0 Å². The van der Waals surface area contributed by atoms with E-state index >= 15 is 0 Å². The topological polar surface area (TPSA) is 52.7 Å². The van der Waals surface area contributed by atoms with E-state index in [0.29, 0.717) is 18.8 Å². The van der Waals surface area contributed by atoms with Gasteiger partial charge in [0.25, 0.3) is 0 Å². The molecule has 0 aromatic heterocycles. The van der Waals surface area contributed by atoms with Crippen LogP contribution in [-0.2, 0) is 9.59 Å². The highest BCUT2D eigenvalue weighted by atomic mass is 16.2. The van der Waals surface area contributed by atoms with Crippen molar-refractivity contribution in [1.29, 1.82) is 0 Å². The fraction of sp³-hybridized carbons (Fsp3) is 0.704. The van der Waals surface area contributed by atoms with Crippen molar-refractivity contribution in [2.75, 3.05) is 36.4 Å². The highest BCUT2D eigenvalue weighted by molar-refractivity contribution is 5.90.